The Balaban J connectivity index is 0.00000201. The van der Waals surface area contributed by atoms with Gasteiger partial charge in [-0.2, -0.15) is 0 Å². The first kappa shape index (κ1) is 38.7. The number of fused-ring (bicyclic) bond motifs is 1. The topological polar surface area (TPSA) is 145 Å². The van der Waals surface area contributed by atoms with Gasteiger partial charge in [0, 0.05) is 30.6 Å². The number of carboxylic acid groups (broad SMARTS) is 2. The summed E-state index contributed by atoms with van der Waals surface area (Å²) in [6.45, 7) is 12.6. The molecule has 1 heterocycles. The number of nitrogens with zero attached hydrogens (tertiary/aromatic N) is 1. The van der Waals surface area contributed by atoms with Crippen molar-refractivity contribution in [2.24, 2.45) is 17.3 Å². The number of hydrogen-bond donors (Lipinski definition) is 4. The molecule has 48 heavy (non-hydrogen) atoms. The Morgan fingerprint density at radius 2 is 1.60 bits per heavy atom. The van der Waals surface area contributed by atoms with Crippen LogP contribution in [0.3, 0.4) is 0 Å². The number of carbonyl (C=O) groups excluding carboxylic acids is 2. The maximum atomic E-state index is 13.8. The van der Waals surface area contributed by atoms with Gasteiger partial charge in [-0.05, 0) is 85.6 Å². The summed E-state index contributed by atoms with van der Waals surface area (Å²) in [5.74, 6) is 0.508. The normalized spacial score (nSPS) is 19.5. The molecule has 2 aromatic rings. The maximum absolute atomic E-state index is 13.8. The third-order valence-corrected chi connectivity index (χ3v) is 9.86. The lowest BCUT2D eigenvalue weighted by atomic mass is 9.72. The first-order valence-corrected chi connectivity index (χ1v) is 17.2. The van der Waals surface area contributed by atoms with Gasteiger partial charge in [-0.3, -0.25) is 14.4 Å². The summed E-state index contributed by atoms with van der Waals surface area (Å²) in [4.78, 5) is 49.2. The largest absolute Gasteiger partial charge is 0.483 e. The van der Waals surface area contributed by atoms with E-state index in [0.29, 0.717) is 12.5 Å². The molecule has 264 valence electrons. The second kappa shape index (κ2) is 18.1. The predicted molar refractivity (Wildman–Crippen MR) is 186 cm³/mol. The van der Waals surface area contributed by atoms with Crippen LogP contribution in [0.5, 0.6) is 0 Å². The van der Waals surface area contributed by atoms with Crippen LogP contribution in [0.4, 0.5) is 4.79 Å². The molecular formula is C38H55N3O7. The lowest BCUT2D eigenvalue weighted by molar-refractivity contribution is -0.137. The number of amides is 2. The quantitative estimate of drug-likeness (QED) is 0.161. The van der Waals surface area contributed by atoms with Crippen LogP contribution in [0.15, 0.2) is 48.5 Å². The molecule has 1 aliphatic heterocycles. The smallest absolute Gasteiger partial charge is 0.405 e. The lowest BCUT2D eigenvalue weighted by Crippen LogP contribution is -2.69. The summed E-state index contributed by atoms with van der Waals surface area (Å²) in [6.07, 6.45) is 5.72. The van der Waals surface area contributed by atoms with Crippen molar-refractivity contribution in [2.45, 2.75) is 97.8 Å². The number of ketones is 1. The van der Waals surface area contributed by atoms with Crippen molar-refractivity contribution < 1.29 is 34.1 Å². The van der Waals surface area contributed by atoms with Gasteiger partial charge in [0.25, 0.3) is 6.47 Å². The second-order valence-electron chi connectivity index (χ2n) is 14.5. The molecule has 1 aliphatic carbocycles. The van der Waals surface area contributed by atoms with Gasteiger partial charge in [-0.25, -0.2) is 4.79 Å². The molecule has 0 aromatic heterocycles. The van der Waals surface area contributed by atoms with Gasteiger partial charge in [0.2, 0.25) is 5.91 Å². The van der Waals surface area contributed by atoms with E-state index in [0.717, 1.165) is 75.7 Å². The minimum absolute atomic E-state index is 0.00937. The SMILES string of the molecule is CC(C)C(=O)c1ccc2c(c1)CCN(CC[C@H]1CC[C@H](NC(=O)[C@](COCc3ccccc3)(NC(=O)O)C(C)(C)C)CC1)CC2.O=CO. The molecule has 0 radical (unpaired) electrons. The predicted octanol–water partition coefficient (Wildman–Crippen LogP) is 5.96. The van der Waals surface area contributed by atoms with E-state index >= 15 is 0 Å². The summed E-state index contributed by atoms with van der Waals surface area (Å²) in [5.41, 5.74) is 2.32. The van der Waals surface area contributed by atoms with Gasteiger partial charge < -0.3 is 30.5 Å². The molecular weight excluding hydrogens is 610 g/mol. The minimum atomic E-state index is -1.43. The zero-order valence-electron chi connectivity index (χ0n) is 29.3. The van der Waals surface area contributed by atoms with E-state index in [-0.39, 0.29) is 36.7 Å². The minimum Gasteiger partial charge on any atom is -0.483 e. The highest BCUT2D eigenvalue weighted by molar-refractivity contribution is 5.97. The molecule has 10 nitrogen and oxygen atoms in total. The summed E-state index contributed by atoms with van der Waals surface area (Å²) in [7, 11) is 0. The van der Waals surface area contributed by atoms with Gasteiger partial charge in [-0.1, -0.05) is 77.1 Å². The van der Waals surface area contributed by atoms with Crippen LogP contribution in [0.25, 0.3) is 0 Å². The van der Waals surface area contributed by atoms with Crippen LogP contribution in [-0.4, -0.2) is 77.2 Å². The third kappa shape index (κ3) is 10.9. The first-order valence-electron chi connectivity index (χ1n) is 17.2. The first-order chi connectivity index (χ1) is 22.8. The number of Topliss-reactive ketones (excluding diaryl/α,β-unsaturated/α-hetero) is 1. The molecule has 4 rings (SSSR count). The Kier molecular flexibility index (Phi) is 14.6. The second-order valence-corrected chi connectivity index (χ2v) is 14.5. The van der Waals surface area contributed by atoms with Crippen molar-refractivity contribution in [3.63, 3.8) is 0 Å². The van der Waals surface area contributed by atoms with Crippen molar-refractivity contribution in [3.05, 3.63) is 70.8 Å². The zero-order valence-corrected chi connectivity index (χ0v) is 29.3. The Labute approximate surface area is 285 Å². The molecule has 0 spiro atoms. The molecule has 2 aromatic carbocycles. The monoisotopic (exact) mass is 665 g/mol. The zero-order chi connectivity index (χ0) is 35.3. The van der Waals surface area contributed by atoms with Crippen molar-refractivity contribution in [1.82, 2.24) is 15.5 Å². The van der Waals surface area contributed by atoms with Crippen LogP contribution < -0.4 is 10.6 Å². The maximum Gasteiger partial charge on any atom is 0.405 e. The van der Waals surface area contributed by atoms with Gasteiger partial charge in [0.15, 0.2) is 5.78 Å². The Bertz CT molecular complexity index is 1350. The van der Waals surface area contributed by atoms with E-state index in [4.69, 9.17) is 14.6 Å². The fourth-order valence-electron chi connectivity index (χ4n) is 6.73. The molecule has 1 atom stereocenters. The van der Waals surface area contributed by atoms with Gasteiger partial charge in [0.1, 0.15) is 5.54 Å². The molecule has 1 saturated carbocycles. The van der Waals surface area contributed by atoms with Gasteiger partial charge in [0.05, 0.1) is 13.2 Å². The van der Waals surface area contributed by atoms with E-state index in [1.54, 1.807) is 0 Å². The average molecular weight is 666 g/mol. The molecule has 0 unspecified atom stereocenters. The van der Waals surface area contributed by atoms with Crippen molar-refractivity contribution >= 4 is 24.3 Å². The van der Waals surface area contributed by atoms with Crippen LogP contribution in [-0.2, 0) is 33.8 Å². The van der Waals surface area contributed by atoms with Gasteiger partial charge in [-0.15, -0.1) is 0 Å². The highest BCUT2D eigenvalue weighted by Gasteiger charge is 2.51. The molecule has 10 heteroatoms. The van der Waals surface area contributed by atoms with Crippen molar-refractivity contribution in [1.29, 1.82) is 0 Å². The van der Waals surface area contributed by atoms with Crippen LogP contribution in [0, 0.1) is 17.3 Å². The van der Waals surface area contributed by atoms with Gasteiger partial charge >= 0.3 is 6.09 Å². The highest BCUT2D eigenvalue weighted by Crippen LogP contribution is 2.34. The van der Waals surface area contributed by atoms with E-state index in [2.05, 4.69) is 27.7 Å². The van der Waals surface area contributed by atoms with E-state index in [1.807, 2.05) is 71.0 Å². The number of hydrogen-bond acceptors (Lipinski definition) is 6. The average Bonchev–Trinajstić information content (AvgIpc) is 3.25. The molecule has 4 N–H and O–H groups in total. The lowest BCUT2D eigenvalue weighted by Gasteiger charge is -2.44. The summed E-state index contributed by atoms with van der Waals surface area (Å²) < 4.78 is 5.98. The molecule has 2 aliphatic rings. The molecule has 0 saturated heterocycles. The number of benzene rings is 2. The van der Waals surface area contributed by atoms with Crippen molar-refractivity contribution in [3.8, 4) is 0 Å². The number of nitrogens with one attached hydrogen (secondary N) is 2. The molecule has 0 bridgehead atoms. The van der Waals surface area contributed by atoms with E-state index in [1.165, 1.54) is 11.1 Å². The standard InChI is InChI=1S/C37H53N3O5.CH2O2/c1-26(2)33(41)31-14-13-29-18-21-40(22-19-30(29)23-31)20-17-27-11-15-32(16-12-27)38-34(42)37(36(3,4)5,39-35(43)44)25-45-24-28-9-7-6-8-10-28;2-1-3/h6-10,13-14,23,26-27,32,39H,11-12,15-22,24-25H2,1-5H3,(H,38,42)(H,43,44);1H,(H,2,3)/t27-,32-,37-;/m0./s1. The molecule has 1 fully saturated rings. The van der Waals surface area contributed by atoms with Crippen LogP contribution >= 0.6 is 0 Å². The highest BCUT2D eigenvalue weighted by atomic mass is 16.5. The molecule has 2 amide bonds. The van der Waals surface area contributed by atoms with E-state index in [9.17, 15) is 19.5 Å². The van der Waals surface area contributed by atoms with E-state index < -0.39 is 17.0 Å². The Morgan fingerprint density at radius 1 is 0.979 bits per heavy atom. The Morgan fingerprint density at radius 3 is 2.19 bits per heavy atom. The summed E-state index contributed by atoms with van der Waals surface area (Å²) in [5, 5.41) is 22.4. The van der Waals surface area contributed by atoms with Crippen molar-refractivity contribution in [2.75, 3.05) is 26.2 Å². The number of ether oxygens (including phenoxy) is 1. The summed E-state index contributed by atoms with van der Waals surface area (Å²) >= 11 is 0. The van der Waals surface area contributed by atoms with Crippen LogP contribution in [0.1, 0.15) is 93.8 Å². The fourth-order valence-corrected chi connectivity index (χ4v) is 6.73. The number of rotatable bonds is 12. The van der Waals surface area contributed by atoms with Crippen LogP contribution in [0.2, 0.25) is 0 Å². The Hall–Kier alpha value is -3.76. The fraction of sp³-hybridized carbons (Fsp3) is 0.579. The third-order valence-electron chi connectivity index (χ3n) is 9.86. The number of carbonyl (C=O) groups is 4. The summed E-state index contributed by atoms with van der Waals surface area (Å²) in [6, 6.07) is 15.9.